The summed E-state index contributed by atoms with van der Waals surface area (Å²) in [4.78, 5) is 51.8. The molecule has 0 spiro atoms. The van der Waals surface area contributed by atoms with E-state index in [4.69, 9.17) is 51.1 Å². The van der Waals surface area contributed by atoms with E-state index in [0.29, 0.717) is 86.3 Å². The number of fused-ring (bicyclic) bond motifs is 2. The average Bonchev–Trinajstić information content (AvgIpc) is 3.36. The highest BCUT2D eigenvalue weighted by Gasteiger charge is 2.46. The first-order chi connectivity index (χ1) is 33.6. The van der Waals surface area contributed by atoms with Crippen molar-refractivity contribution in [1.82, 2.24) is 0 Å². The van der Waals surface area contributed by atoms with Gasteiger partial charge in [-0.3, -0.25) is 19.2 Å². The molecule has 1 aliphatic carbocycles. The van der Waals surface area contributed by atoms with Gasteiger partial charge in [0.15, 0.2) is 16.3 Å². The van der Waals surface area contributed by atoms with Gasteiger partial charge < -0.3 is 51.1 Å². The van der Waals surface area contributed by atoms with Crippen LogP contribution in [0.1, 0.15) is 109 Å². The molecule has 1 aliphatic rings. The summed E-state index contributed by atoms with van der Waals surface area (Å²) in [5.41, 5.74) is 2.90. The van der Waals surface area contributed by atoms with Crippen molar-refractivity contribution in [3.8, 4) is 34.9 Å². The van der Waals surface area contributed by atoms with Crippen LogP contribution in [-0.2, 0) is 34.3 Å². The molecular weight excluding hydrogens is 901 g/mol. The van der Waals surface area contributed by atoms with Crippen molar-refractivity contribution in [2.24, 2.45) is 0 Å². The number of carbonyl (C=O) groups excluding carboxylic acids is 1. The maximum atomic E-state index is 13.8. The smallest absolute Gasteiger partial charge is 0.288 e. The largest absolute Gasteiger partial charge is 0.497 e. The van der Waals surface area contributed by atoms with Gasteiger partial charge in [0.2, 0.25) is 5.78 Å². The van der Waals surface area contributed by atoms with Crippen LogP contribution in [0.25, 0.3) is 11.0 Å². The third kappa shape index (κ3) is 13.1. The van der Waals surface area contributed by atoms with Crippen LogP contribution in [0.2, 0.25) is 0 Å². The average molecular weight is 971 g/mol. The van der Waals surface area contributed by atoms with E-state index in [1.54, 1.807) is 38.5 Å². The fraction of sp³-hybridized carbons (Fsp3) is 0.418. The van der Waals surface area contributed by atoms with Crippen molar-refractivity contribution in [3.63, 3.8) is 0 Å². The quantitative estimate of drug-likeness (QED) is 0.0940. The summed E-state index contributed by atoms with van der Waals surface area (Å²) in [5, 5.41) is 0.467. The molecule has 2 unspecified atom stereocenters. The number of rotatable bonds is 14. The number of benzene rings is 3. The predicted octanol–water partition coefficient (Wildman–Crippen LogP) is 10.3. The maximum absolute atomic E-state index is 13.8. The first-order valence-electron chi connectivity index (χ1n) is 23.2. The summed E-state index contributed by atoms with van der Waals surface area (Å²) >= 11 is 0. The summed E-state index contributed by atoms with van der Waals surface area (Å²) < 4.78 is 61.2. The van der Waals surface area contributed by atoms with Crippen molar-refractivity contribution in [3.05, 3.63) is 148 Å². The van der Waals surface area contributed by atoms with E-state index in [9.17, 15) is 19.2 Å². The van der Waals surface area contributed by atoms with Crippen molar-refractivity contribution >= 4 is 16.8 Å². The van der Waals surface area contributed by atoms with E-state index >= 15 is 0 Å². The zero-order chi connectivity index (χ0) is 52.5. The Balaban J connectivity index is 0.000000335. The van der Waals surface area contributed by atoms with Crippen LogP contribution in [0.5, 0.6) is 34.9 Å². The minimum atomic E-state index is -1.11. The van der Waals surface area contributed by atoms with Gasteiger partial charge in [-0.2, -0.15) is 0 Å². The molecule has 70 heavy (non-hydrogen) atoms. The molecule has 0 bridgehead atoms. The number of hydrogen-bond donors (Lipinski definition) is 0. The third-order valence-corrected chi connectivity index (χ3v) is 11.2. The molecule has 15 nitrogen and oxygen atoms in total. The number of carbonyl (C=O) groups is 1. The Morgan fingerprint density at radius 2 is 1.16 bits per heavy atom. The van der Waals surface area contributed by atoms with E-state index in [0.717, 1.165) is 16.7 Å². The van der Waals surface area contributed by atoms with Crippen molar-refractivity contribution in [1.29, 1.82) is 0 Å². The molecule has 0 aliphatic heterocycles. The lowest BCUT2D eigenvalue weighted by Gasteiger charge is -2.39. The van der Waals surface area contributed by atoms with E-state index in [1.807, 2.05) is 74.4 Å². The Bertz CT molecular complexity index is 2870. The molecule has 0 radical (unpaired) electrons. The molecular formula is C55H70O15. The zero-order valence-corrected chi connectivity index (χ0v) is 43.8. The number of ether oxygens (including phenoxy) is 8. The predicted molar refractivity (Wildman–Crippen MR) is 271 cm³/mol. The minimum absolute atomic E-state index is 0.0892. The highest BCUT2D eigenvalue weighted by Crippen LogP contribution is 2.42. The molecule has 6 aromatic rings. The van der Waals surface area contributed by atoms with Crippen LogP contribution >= 0.6 is 0 Å². The van der Waals surface area contributed by atoms with E-state index in [-0.39, 0.29) is 52.9 Å². The zero-order valence-electron chi connectivity index (χ0n) is 43.8. The fourth-order valence-corrected chi connectivity index (χ4v) is 8.27. The summed E-state index contributed by atoms with van der Waals surface area (Å²) in [5.74, 6) is 3.01. The summed E-state index contributed by atoms with van der Waals surface area (Å²) in [7, 11) is 12.1. The van der Waals surface area contributed by atoms with Gasteiger partial charge in [0.25, 0.3) is 11.9 Å². The molecule has 3 aromatic heterocycles. The second kappa shape index (κ2) is 26.8. The molecule has 0 amide bonds. The Labute approximate surface area is 410 Å². The molecule has 0 fully saturated rings. The summed E-state index contributed by atoms with van der Waals surface area (Å²) in [6.45, 7) is 17.6. The monoisotopic (exact) mass is 970 g/mol. The Kier molecular flexibility index (Phi) is 22.0. The van der Waals surface area contributed by atoms with Crippen LogP contribution in [-0.4, -0.2) is 68.8 Å². The topological polar surface area (TPSA) is 182 Å². The van der Waals surface area contributed by atoms with Gasteiger partial charge in [-0.25, -0.2) is 0 Å². The van der Waals surface area contributed by atoms with Crippen molar-refractivity contribution in [2.45, 2.75) is 99.7 Å². The standard InChI is InChI=1S/C25H26O7.C24H26O8.3C2H6/c1-14-7-15(2)23(20(8-14)29-4)25(27)24-16(9-18(28-3)13-21(24)30-5)10-19-11-17(26)12-22(31-6)32-19;1-13-6-15(27-2)9-18-21(13)23(26)22-19(32-18)10-16(28-3)11-24(22,30-5)12-17-7-14(25)8-20(29-4)31-17;3*1-2/h7-9,11-13H,10H2,1-6H3;6-9,16H,10-12H2,1-5H3;3*1-2H3. The van der Waals surface area contributed by atoms with Gasteiger partial charge in [-0.1, -0.05) is 47.6 Å². The minimum Gasteiger partial charge on any atom is -0.497 e. The number of ketones is 1. The second-order valence-corrected chi connectivity index (χ2v) is 15.3. The Morgan fingerprint density at radius 1 is 0.600 bits per heavy atom. The lowest BCUT2D eigenvalue weighted by molar-refractivity contribution is -0.0768. The molecule has 3 aromatic carbocycles. The SMILES string of the molecule is CC.CC.CC.COc1cc(C)c2c(=O)c3c(oc2c1)CC(OC)CC3(Cc1cc(=O)cc(OC)o1)OC.COc1cc(Cc2cc(=O)cc(OC)o2)c(C(=O)c2c(C)cc(C)cc2OC)c(OC)c1. The number of aryl methyl sites for hydroxylation is 3. The van der Waals surface area contributed by atoms with E-state index < -0.39 is 5.60 Å². The first kappa shape index (κ1) is 57.5. The molecule has 0 saturated carbocycles. The van der Waals surface area contributed by atoms with E-state index in [2.05, 4.69) is 0 Å². The fourth-order valence-electron chi connectivity index (χ4n) is 8.27. The van der Waals surface area contributed by atoms with Gasteiger partial charge in [-0.15, -0.1) is 0 Å². The van der Waals surface area contributed by atoms with Crippen molar-refractivity contribution < 1.29 is 55.9 Å². The third-order valence-electron chi connectivity index (χ3n) is 11.2. The maximum Gasteiger partial charge on any atom is 0.288 e. The highest BCUT2D eigenvalue weighted by molar-refractivity contribution is 6.14. The van der Waals surface area contributed by atoms with Gasteiger partial charge >= 0.3 is 0 Å². The van der Waals surface area contributed by atoms with Gasteiger partial charge in [-0.05, 0) is 61.2 Å². The first-order valence-corrected chi connectivity index (χ1v) is 23.2. The van der Waals surface area contributed by atoms with Crippen LogP contribution in [0.4, 0.5) is 0 Å². The number of methoxy groups -OCH3 is 8. The molecule has 7 rings (SSSR count). The van der Waals surface area contributed by atoms with Crippen LogP contribution in [0, 0.1) is 20.8 Å². The second-order valence-electron chi connectivity index (χ2n) is 15.3. The van der Waals surface area contributed by atoms with Gasteiger partial charge in [0.05, 0.1) is 83.0 Å². The van der Waals surface area contributed by atoms with Crippen LogP contribution < -0.4 is 44.7 Å². The molecule has 2 atom stereocenters. The van der Waals surface area contributed by atoms with Gasteiger partial charge in [0.1, 0.15) is 51.5 Å². The van der Waals surface area contributed by atoms with E-state index in [1.165, 1.54) is 66.9 Å². The normalized spacial score (nSPS) is 14.3. The van der Waals surface area contributed by atoms with Crippen molar-refractivity contribution in [2.75, 3.05) is 56.9 Å². The molecule has 3 heterocycles. The number of hydrogen-bond acceptors (Lipinski definition) is 15. The lowest BCUT2D eigenvalue weighted by atomic mass is 9.76. The summed E-state index contributed by atoms with van der Waals surface area (Å²) in [6.07, 6.45) is 0.828. The van der Waals surface area contributed by atoms with Gasteiger partial charge in [0, 0.05) is 64.2 Å². The molecule has 380 valence electrons. The molecule has 0 N–H and O–H groups in total. The van der Waals surface area contributed by atoms with Crippen LogP contribution in [0.3, 0.4) is 0 Å². The Hall–Kier alpha value is -6.84. The summed E-state index contributed by atoms with van der Waals surface area (Å²) in [6, 6.07) is 15.9. The Morgan fingerprint density at radius 3 is 1.70 bits per heavy atom. The highest BCUT2D eigenvalue weighted by atomic mass is 16.6. The molecule has 0 saturated heterocycles. The molecule has 15 heteroatoms. The lowest BCUT2D eigenvalue weighted by Crippen LogP contribution is -2.45. The van der Waals surface area contributed by atoms with Crippen LogP contribution in [0.15, 0.2) is 88.3 Å².